The summed E-state index contributed by atoms with van der Waals surface area (Å²) in [5.74, 6) is -0.906. The fourth-order valence-corrected chi connectivity index (χ4v) is 6.65. The smallest absolute Gasteiger partial charge is 0.272 e. The SMILES string of the molecule is C[C@H]1C[C@@H](OC2CCN(CC(=O)N3CCN(C(=O)c4cc(Cc5n[nH]c(=O)c6ccccc56)ccc4F)CC3)CC2)CCN1. The first-order valence-electron chi connectivity index (χ1n) is 15.8. The van der Waals surface area contributed by atoms with Crippen LogP contribution < -0.4 is 10.9 Å². The molecule has 3 aliphatic heterocycles. The van der Waals surface area contributed by atoms with E-state index in [0.29, 0.717) is 67.9 Å². The van der Waals surface area contributed by atoms with Gasteiger partial charge in [0.1, 0.15) is 5.82 Å². The number of ether oxygens (including phenoxy) is 1. The van der Waals surface area contributed by atoms with Crippen LogP contribution in [0.5, 0.6) is 0 Å². The van der Waals surface area contributed by atoms with E-state index in [0.717, 1.165) is 50.7 Å². The summed E-state index contributed by atoms with van der Waals surface area (Å²) in [4.78, 5) is 44.2. The van der Waals surface area contributed by atoms with Gasteiger partial charge in [0, 0.05) is 57.1 Å². The Labute approximate surface area is 256 Å². The van der Waals surface area contributed by atoms with Crippen molar-refractivity contribution in [3.63, 3.8) is 0 Å². The Morgan fingerprint density at radius 3 is 2.43 bits per heavy atom. The largest absolute Gasteiger partial charge is 0.375 e. The number of nitrogens with one attached hydrogen (secondary N) is 2. The maximum Gasteiger partial charge on any atom is 0.272 e. The molecular weight excluding hydrogens is 563 g/mol. The third-order valence-corrected chi connectivity index (χ3v) is 9.18. The third kappa shape index (κ3) is 7.00. The van der Waals surface area contributed by atoms with Crippen LogP contribution in [0.3, 0.4) is 0 Å². The first-order chi connectivity index (χ1) is 21.3. The normalized spacial score (nSPS) is 22.0. The molecule has 3 aromatic rings. The van der Waals surface area contributed by atoms with E-state index >= 15 is 0 Å². The van der Waals surface area contributed by atoms with Gasteiger partial charge in [-0.3, -0.25) is 19.3 Å². The number of rotatable bonds is 7. The first kappa shape index (κ1) is 30.4. The van der Waals surface area contributed by atoms with Crippen LogP contribution in [-0.2, 0) is 16.0 Å². The molecule has 0 saturated carbocycles. The van der Waals surface area contributed by atoms with Crippen LogP contribution in [-0.4, -0.2) is 107 Å². The van der Waals surface area contributed by atoms with E-state index in [1.54, 1.807) is 29.2 Å². The van der Waals surface area contributed by atoms with Crippen molar-refractivity contribution in [2.45, 2.75) is 57.3 Å². The summed E-state index contributed by atoms with van der Waals surface area (Å²) in [6.45, 7) is 6.81. The molecule has 44 heavy (non-hydrogen) atoms. The van der Waals surface area contributed by atoms with Gasteiger partial charge in [-0.1, -0.05) is 24.3 Å². The number of carbonyl (C=O) groups excluding carboxylic acids is 2. The van der Waals surface area contributed by atoms with Gasteiger partial charge >= 0.3 is 0 Å². The lowest BCUT2D eigenvalue weighted by Gasteiger charge is -2.38. The predicted molar refractivity (Wildman–Crippen MR) is 165 cm³/mol. The maximum atomic E-state index is 14.9. The molecule has 0 unspecified atom stereocenters. The van der Waals surface area contributed by atoms with Crippen molar-refractivity contribution in [3.8, 4) is 0 Å². The topological polar surface area (TPSA) is 111 Å². The molecule has 11 heteroatoms. The molecule has 3 aliphatic rings. The van der Waals surface area contributed by atoms with Crippen molar-refractivity contribution in [2.24, 2.45) is 0 Å². The van der Waals surface area contributed by atoms with Crippen LogP contribution >= 0.6 is 0 Å². The Bertz CT molecular complexity index is 1550. The number of piperidine rings is 2. The lowest BCUT2D eigenvalue weighted by molar-refractivity contribution is -0.135. The van der Waals surface area contributed by atoms with Crippen LogP contribution in [0, 0.1) is 5.82 Å². The molecule has 10 nitrogen and oxygen atoms in total. The first-order valence-corrected chi connectivity index (χ1v) is 15.8. The summed E-state index contributed by atoms with van der Waals surface area (Å²) in [6, 6.07) is 12.2. The number of H-pyrrole nitrogens is 1. The summed E-state index contributed by atoms with van der Waals surface area (Å²) >= 11 is 0. The second-order valence-corrected chi connectivity index (χ2v) is 12.3. The number of likely N-dealkylation sites (tertiary alicyclic amines) is 1. The van der Waals surface area contributed by atoms with Crippen LogP contribution in [0.1, 0.15) is 54.2 Å². The standard InChI is InChI=1S/C33H41FN6O4/c1-22-18-25(8-11-35-22)44-24-9-12-38(13-10-24)21-31(41)39-14-16-40(17-15-39)33(43)28-19-23(6-7-29(28)34)20-30-26-4-2-3-5-27(26)32(42)37-36-30/h2-7,19,22,24-25,35H,8-18,20-21H2,1H3,(H,37,42)/t22-,25-/m0/s1. The van der Waals surface area contributed by atoms with E-state index < -0.39 is 5.82 Å². The van der Waals surface area contributed by atoms with Crippen LogP contribution in [0.25, 0.3) is 10.8 Å². The number of hydrogen-bond donors (Lipinski definition) is 2. The number of carbonyl (C=O) groups is 2. The minimum Gasteiger partial charge on any atom is -0.375 e. The zero-order valence-corrected chi connectivity index (χ0v) is 25.3. The number of aromatic nitrogens is 2. The second kappa shape index (κ2) is 13.5. The number of aromatic amines is 1. The zero-order chi connectivity index (χ0) is 30.6. The van der Waals surface area contributed by atoms with Gasteiger partial charge in [-0.15, -0.1) is 0 Å². The number of amides is 2. The summed E-state index contributed by atoms with van der Waals surface area (Å²) in [6.07, 6.45) is 4.91. The number of fused-ring (bicyclic) bond motifs is 1. The fraction of sp³-hybridized carbons (Fsp3) is 0.515. The summed E-state index contributed by atoms with van der Waals surface area (Å²) in [5, 5.41) is 11.4. The number of halogens is 1. The summed E-state index contributed by atoms with van der Waals surface area (Å²) < 4.78 is 21.2. The lowest BCUT2D eigenvalue weighted by Crippen LogP contribution is -2.53. The fourth-order valence-electron chi connectivity index (χ4n) is 6.65. The highest BCUT2D eigenvalue weighted by Crippen LogP contribution is 2.22. The highest BCUT2D eigenvalue weighted by molar-refractivity contribution is 5.95. The maximum absolute atomic E-state index is 14.9. The number of piperazine rings is 1. The minimum absolute atomic E-state index is 0.0000405. The van der Waals surface area contributed by atoms with Crippen molar-refractivity contribution in [1.82, 2.24) is 30.2 Å². The monoisotopic (exact) mass is 604 g/mol. The molecular formula is C33H41FN6O4. The van der Waals surface area contributed by atoms with Gasteiger partial charge in [-0.2, -0.15) is 5.10 Å². The molecule has 0 radical (unpaired) electrons. The van der Waals surface area contributed by atoms with Gasteiger partial charge in [0.15, 0.2) is 0 Å². The molecule has 2 N–H and O–H groups in total. The van der Waals surface area contributed by atoms with E-state index in [-0.39, 0.29) is 29.0 Å². The van der Waals surface area contributed by atoms with Crippen LogP contribution in [0.4, 0.5) is 4.39 Å². The summed E-state index contributed by atoms with van der Waals surface area (Å²) in [7, 11) is 0. The molecule has 0 bridgehead atoms. The highest BCUT2D eigenvalue weighted by atomic mass is 19.1. The third-order valence-electron chi connectivity index (χ3n) is 9.18. The van der Waals surface area contributed by atoms with E-state index in [4.69, 9.17) is 4.74 Å². The van der Waals surface area contributed by atoms with E-state index in [2.05, 4.69) is 27.3 Å². The molecule has 1 aromatic heterocycles. The van der Waals surface area contributed by atoms with Crippen LogP contribution in [0.15, 0.2) is 47.3 Å². The van der Waals surface area contributed by atoms with Crippen molar-refractivity contribution in [1.29, 1.82) is 0 Å². The van der Waals surface area contributed by atoms with E-state index in [1.807, 2.05) is 17.0 Å². The average Bonchev–Trinajstić information content (AvgIpc) is 3.04. The molecule has 2 atom stereocenters. The van der Waals surface area contributed by atoms with Gasteiger partial charge in [-0.05, 0) is 62.9 Å². The Morgan fingerprint density at radius 1 is 0.955 bits per heavy atom. The average molecular weight is 605 g/mol. The molecule has 2 aromatic carbocycles. The quantitative estimate of drug-likeness (QED) is 0.427. The zero-order valence-electron chi connectivity index (χ0n) is 25.3. The molecule has 0 spiro atoms. The van der Waals surface area contributed by atoms with E-state index in [1.165, 1.54) is 6.07 Å². The lowest BCUT2D eigenvalue weighted by atomic mass is 10.0. The Kier molecular flexibility index (Phi) is 9.34. The second-order valence-electron chi connectivity index (χ2n) is 12.3. The highest BCUT2D eigenvalue weighted by Gasteiger charge is 2.30. The Hall–Kier alpha value is -3.67. The van der Waals surface area contributed by atoms with Gasteiger partial charge in [0.25, 0.3) is 11.5 Å². The predicted octanol–water partition coefficient (Wildman–Crippen LogP) is 2.56. The Balaban J connectivity index is 0.996. The molecule has 2 amide bonds. The van der Waals surface area contributed by atoms with Crippen molar-refractivity contribution in [2.75, 3.05) is 52.4 Å². The number of benzene rings is 2. The van der Waals surface area contributed by atoms with Crippen molar-refractivity contribution < 1.29 is 18.7 Å². The molecule has 3 saturated heterocycles. The van der Waals surface area contributed by atoms with Crippen molar-refractivity contribution >= 4 is 22.6 Å². The molecule has 0 aliphatic carbocycles. The molecule has 234 valence electrons. The van der Waals surface area contributed by atoms with Crippen LogP contribution in [0.2, 0.25) is 0 Å². The Morgan fingerprint density at radius 2 is 1.68 bits per heavy atom. The van der Waals surface area contributed by atoms with Gasteiger partial charge < -0.3 is 19.9 Å². The molecule has 3 fully saturated rings. The van der Waals surface area contributed by atoms with Gasteiger partial charge in [0.05, 0.1) is 35.4 Å². The molecule has 6 rings (SSSR count). The van der Waals surface area contributed by atoms with Crippen molar-refractivity contribution in [3.05, 3.63) is 75.5 Å². The van der Waals surface area contributed by atoms with E-state index in [9.17, 15) is 18.8 Å². The number of nitrogens with zero attached hydrogens (tertiary/aromatic N) is 4. The van der Waals surface area contributed by atoms with Gasteiger partial charge in [0.2, 0.25) is 5.91 Å². The minimum atomic E-state index is -0.585. The van der Waals surface area contributed by atoms with Gasteiger partial charge in [-0.25, -0.2) is 9.49 Å². The number of hydrogen-bond acceptors (Lipinski definition) is 7. The molecule has 4 heterocycles. The summed E-state index contributed by atoms with van der Waals surface area (Å²) in [5.41, 5.74) is 1.09.